The summed E-state index contributed by atoms with van der Waals surface area (Å²) in [6, 6.07) is 0. The maximum absolute atomic E-state index is 11.8. The molecule has 0 fully saturated rings. The van der Waals surface area contributed by atoms with Crippen LogP contribution in [0.2, 0.25) is 0 Å². The number of hydrogen-bond acceptors (Lipinski definition) is 5. The lowest BCUT2D eigenvalue weighted by molar-refractivity contribution is -0.119. The van der Waals surface area contributed by atoms with Crippen LogP contribution in [0.4, 0.5) is 11.9 Å². The minimum atomic E-state index is -0.677. The summed E-state index contributed by atoms with van der Waals surface area (Å²) in [7, 11) is 0. The molecule has 15 heavy (non-hydrogen) atoms. The lowest BCUT2D eigenvalue weighted by atomic mass is 10.0. The highest BCUT2D eigenvalue weighted by molar-refractivity contribution is 6.10. The first-order chi connectivity index (χ1) is 7.13. The predicted molar refractivity (Wildman–Crippen MR) is 52.1 cm³/mol. The van der Waals surface area contributed by atoms with E-state index in [0.717, 1.165) is 11.1 Å². The monoisotopic (exact) mass is 209 g/mol. The van der Waals surface area contributed by atoms with Gasteiger partial charge in [0.2, 0.25) is 17.8 Å². The minimum Gasteiger partial charge on any atom is -0.366 e. The number of nitrogens with zero attached hydrogens (tertiary/aromatic N) is 3. The van der Waals surface area contributed by atoms with Crippen LogP contribution in [-0.2, 0) is 4.79 Å². The van der Waals surface area contributed by atoms with Gasteiger partial charge in [-0.1, -0.05) is 13.3 Å². The number of amides is 1. The summed E-state index contributed by atoms with van der Waals surface area (Å²) >= 11 is 0. The van der Waals surface area contributed by atoms with Crippen LogP contribution in [0, 0.1) is 5.92 Å². The summed E-state index contributed by atoms with van der Waals surface area (Å²) in [6.45, 7) is 1.91. The number of carbonyl (C=O) groups excluding carboxylic acids is 2. The summed E-state index contributed by atoms with van der Waals surface area (Å²) in [5, 5.41) is 6.21. The highest BCUT2D eigenvalue weighted by atomic mass is 16.2. The summed E-state index contributed by atoms with van der Waals surface area (Å²) in [5.74, 6) is -1.28. The lowest BCUT2D eigenvalue weighted by Crippen LogP contribution is -2.39. The molecule has 0 saturated heterocycles. The van der Waals surface area contributed by atoms with Crippen molar-refractivity contribution in [3.05, 3.63) is 0 Å². The molecule has 0 saturated carbocycles. The second-order valence-corrected chi connectivity index (χ2v) is 3.37. The van der Waals surface area contributed by atoms with Gasteiger partial charge in [-0.05, 0) is 6.42 Å². The normalized spacial score (nSPS) is 19.9. The van der Waals surface area contributed by atoms with E-state index in [9.17, 15) is 9.59 Å². The van der Waals surface area contributed by atoms with Crippen molar-refractivity contribution >= 4 is 23.7 Å². The Morgan fingerprint density at radius 2 is 2.27 bits per heavy atom. The van der Waals surface area contributed by atoms with Gasteiger partial charge in [-0.2, -0.15) is 9.67 Å². The molecule has 7 heteroatoms. The molecule has 1 aromatic rings. The van der Waals surface area contributed by atoms with Gasteiger partial charge in [0.15, 0.2) is 0 Å². The Labute approximate surface area is 85.7 Å². The molecule has 2 rings (SSSR count). The SMILES string of the molecule is CCCC1C(=O)Nc2nc(N)nn2C1=O. The fraction of sp³-hybridized carbons (Fsp3) is 0.500. The molecule has 0 radical (unpaired) electrons. The number of rotatable bonds is 2. The van der Waals surface area contributed by atoms with Gasteiger partial charge in [0.25, 0.3) is 5.91 Å². The number of fused-ring (bicyclic) bond motifs is 1. The predicted octanol–water partition coefficient (Wildman–Crippen LogP) is -0.131. The average Bonchev–Trinajstić information content (AvgIpc) is 2.53. The van der Waals surface area contributed by atoms with Crippen molar-refractivity contribution in [1.29, 1.82) is 0 Å². The summed E-state index contributed by atoms with van der Waals surface area (Å²) in [5.41, 5.74) is 5.34. The Kier molecular flexibility index (Phi) is 2.14. The van der Waals surface area contributed by atoms with Gasteiger partial charge in [0.1, 0.15) is 5.92 Å². The number of carbonyl (C=O) groups is 2. The zero-order chi connectivity index (χ0) is 11.0. The zero-order valence-corrected chi connectivity index (χ0v) is 8.23. The van der Waals surface area contributed by atoms with Gasteiger partial charge in [0.05, 0.1) is 0 Å². The second kappa shape index (κ2) is 3.34. The van der Waals surface area contributed by atoms with Crippen molar-refractivity contribution in [1.82, 2.24) is 14.8 Å². The van der Waals surface area contributed by atoms with E-state index in [1.807, 2.05) is 6.92 Å². The molecule has 7 nitrogen and oxygen atoms in total. The van der Waals surface area contributed by atoms with Crippen LogP contribution < -0.4 is 11.1 Å². The van der Waals surface area contributed by atoms with E-state index in [0.29, 0.717) is 6.42 Å². The molecule has 0 aliphatic carbocycles. The van der Waals surface area contributed by atoms with E-state index in [4.69, 9.17) is 5.73 Å². The molecule has 2 heterocycles. The smallest absolute Gasteiger partial charge is 0.262 e. The molecule has 1 unspecified atom stereocenters. The second-order valence-electron chi connectivity index (χ2n) is 3.37. The topological polar surface area (TPSA) is 103 Å². The first-order valence-electron chi connectivity index (χ1n) is 4.71. The maximum atomic E-state index is 11.8. The maximum Gasteiger partial charge on any atom is 0.262 e. The summed E-state index contributed by atoms with van der Waals surface area (Å²) in [4.78, 5) is 27.0. The summed E-state index contributed by atoms with van der Waals surface area (Å²) < 4.78 is 1.05. The van der Waals surface area contributed by atoms with E-state index in [2.05, 4.69) is 15.4 Å². The van der Waals surface area contributed by atoms with E-state index in [1.54, 1.807) is 0 Å². The zero-order valence-electron chi connectivity index (χ0n) is 8.23. The third kappa shape index (κ3) is 1.45. The molecule has 1 aromatic heterocycles. The molecule has 0 aromatic carbocycles. The first-order valence-corrected chi connectivity index (χ1v) is 4.71. The number of hydrogen-bond donors (Lipinski definition) is 2. The molecule has 1 amide bonds. The molecule has 80 valence electrons. The van der Waals surface area contributed by atoms with Crippen LogP contribution in [0.1, 0.15) is 24.6 Å². The van der Waals surface area contributed by atoms with Crippen LogP contribution in [0.5, 0.6) is 0 Å². The average molecular weight is 209 g/mol. The van der Waals surface area contributed by atoms with Crippen LogP contribution in [0.3, 0.4) is 0 Å². The fourth-order valence-corrected chi connectivity index (χ4v) is 1.56. The lowest BCUT2D eigenvalue weighted by Gasteiger charge is -2.19. The van der Waals surface area contributed by atoms with Gasteiger partial charge >= 0.3 is 0 Å². The van der Waals surface area contributed by atoms with Crippen LogP contribution in [0.15, 0.2) is 0 Å². The first kappa shape index (κ1) is 9.63. The Bertz CT molecular complexity index is 425. The number of aromatic nitrogens is 3. The molecular formula is C8H11N5O2. The standard InChI is InChI=1S/C8H11N5O2/c1-2-3-4-5(14)10-8-11-7(9)12-13(8)6(4)15/h4H,2-3H2,1H3,(H3,9,10,11,12,14). The number of nitrogen functional groups attached to an aromatic ring is 1. The fourth-order valence-electron chi connectivity index (χ4n) is 1.56. The third-order valence-corrected chi connectivity index (χ3v) is 2.26. The van der Waals surface area contributed by atoms with Crippen LogP contribution in [-0.4, -0.2) is 26.6 Å². The number of nitrogens with one attached hydrogen (secondary N) is 1. The van der Waals surface area contributed by atoms with E-state index < -0.39 is 5.92 Å². The van der Waals surface area contributed by atoms with Crippen molar-refractivity contribution in [3.8, 4) is 0 Å². The van der Waals surface area contributed by atoms with Crippen LogP contribution in [0.25, 0.3) is 0 Å². The largest absolute Gasteiger partial charge is 0.366 e. The molecule has 0 bridgehead atoms. The molecule has 1 atom stereocenters. The van der Waals surface area contributed by atoms with Crippen molar-refractivity contribution in [3.63, 3.8) is 0 Å². The van der Waals surface area contributed by atoms with Gasteiger partial charge in [-0.15, -0.1) is 5.10 Å². The van der Waals surface area contributed by atoms with Crippen LogP contribution >= 0.6 is 0 Å². The van der Waals surface area contributed by atoms with Crippen molar-refractivity contribution < 1.29 is 9.59 Å². The van der Waals surface area contributed by atoms with Gasteiger partial charge in [-0.25, -0.2) is 0 Å². The molecular weight excluding hydrogens is 198 g/mol. The Hall–Kier alpha value is -1.92. The summed E-state index contributed by atoms with van der Waals surface area (Å²) in [6.07, 6.45) is 1.26. The van der Waals surface area contributed by atoms with E-state index >= 15 is 0 Å². The van der Waals surface area contributed by atoms with Gasteiger partial charge in [-0.3, -0.25) is 14.9 Å². The van der Waals surface area contributed by atoms with Crippen molar-refractivity contribution in [2.24, 2.45) is 5.92 Å². The minimum absolute atomic E-state index is 0.0178. The number of nitrogens with two attached hydrogens (primary N) is 1. The Morgan fingerprint density at radius 3 is 2.93 bits per heavy atom. The van der Waals surface area contributed by atoms with Crippen molar-refractivity contribution in [2.45, 2.75) is 19.8 Å². The molecule has 0 spiro atoms. The van der Waals surface area contributed by atoms with E-state index in [-0.39, 0.29) is 23.7 Å². The quantitative estimate of drug-likeness (QED) is 0.660. The highest BCUT2D eigenvalue weighted by Gasteiger charge is 2.35. The van der Waals surface area contributed by atoms with Gasteiger partial charge < -0.3 is 5.73 Å². The molecule has 3 N–H and O–H groups in total. The Morgan fingerprint density at radius 1 is 1.53 bits per heavy atom. The van der Waals surface area contributed by atoms with Gasteiger partial charge in [0, 0.05) is 0 Å². The number of anilines is 2. The molecule has 1 aliphatic heterocycles. The van der Waals surface area contributed by atoms with E-state index in [1.165, 1.54) is 0 Å². The van der Waals surface area contributed by atoms with Crippen molar-refractivity contribution in [2.75, 3.05) is 11.1 Å². The molecule has 1 aliphatic rings. The third-order valence-electron chi connectivity index (χ3n) is 2.26. The Balaban J connectivity index is 2.38. The highest BCUT2D eigenvalue weighted by Crippen LogP contribution is 2.20.